The highest BCUT2D eigenvalue weighted by atomic mass is 32.2. The van der Waals surface area contributed by atoms with Crippen LogP contribution in [0.15, 0.2) is 23.4 Å². The summed E-state index contributed by atoms with van der Waals surface area (Å²) < 4.78 is 79.4. The molecule has 13 heteroatoms. The summed E-state index contributed by atoms with van der Waals surface area (Å²) in [5, 5.41) is 6.93. The minimum Gasteiger partial charge on any atom is -0.326 e. The van der Waals surface area contributed by atoms with Gasteiger partial charge in [-0.1, -0.05) is 11.8 Å². The maximum Gasteiger partial charge on any atom is 0.416 e. The van der Waals surface area contributed by atoms with Crippen molar-refractivity contribution in [2.24, 2.45) is 0 Å². The van der Waals surface area contributed by atoms with Gasteiger partial charge in [0.05, 0.1) is 11.1 Å². The fourth-order valence-electron chi connectivity index (χ4n) is 3.13. The molecule has 1 amide bonds. The molecule has 0 atom stereocenters. The minimum absolute atomic E-state index is 0.00420. The quantitative estimate of drug-likeness (QED) is 0.410. The van der Waals surface area contributed by atoms with E-state index in [9.17, 15) is 31.1 Å². The number of carbonyl (C=O) groups excluding carboxylic acids is 1. The monoisotopic (exact) mass is 477 g/mol. The van der Waals surface area contributed by atoms with E-state index in [0.29, 0.717) is 40.0 Å². The number of halogens is 6. The van der Waals surface area contributed by atoms with E-state index in [1.54, 1.807) is 20.1 Å². The van der Waals surface area contributed by atoms with Crippen LogP contribution in [0.3, 0.4) is 0 Å². The van der Waals surface area contributed by atoms with Crippen LogP contribution in [0.1, 0.15) is 34.5 Å². The summed E-state index contributed by atoms with van der Waals surface area (Å²) in [7, 11) is 0. The molecule has 32 heavy (non-hydrogen) atoms. The Kier molecular flexibility index (Phi) is 6.40. The number of aromatic nitrogens is 4. The second kappa shape index (κ2) is 8.60. The van der Waals surface area contributed by atoms with Crippen molar-refractivity contribution in [3.63, 3.8) is 0 Å². The molecule has 172 valence electrons. The normalized spacial score (nSPS) is 12.4. The van der Waals surface area contributed by atoms with Crippen molar-refractivity contribution in [1.82, 2.24) is 19.6 Å². The van der Waals surface area contributed by atoms with Gasteiger partial charge in [0, 0.05) is 23.5 Å². The van der Waals surface area contributed by atoms with E-state index in [0.717, 1.165) is 0 Å². The van der Waals surface area contributed by atoms with Gasteiger partial charge in [0.2, 0.25) is 11.1 Å². The van der Waals surface area contributed by atoms with Gasteiger partial charge in [-0.25, -0.2) is 9.50 Å². The molecule has 1 aromatic carbocycles. The number of anilines is 1. The molecule has 0 bridgehead atoms. The average molecular weight is 477 g/mol. The molecular formula is C19H17F6N5OS. The molecule has 2 heterocycles. The predicted molar refractivity (Wildman–Crippen MR) is 105 cm³/mol. The van der Waals surface area contributed by atoms with Crippen LogP contribution in [0.2, 0.25) is 0 Å². The Balaban J connectivity index is 1.81. The zero-order valence-corrected chi connectivity index (χ0v) is 17.8. The predicted octanol–water partition coefficient (Wildman–Crippen LogP) is 5.07. The highest BCUT2D eigenvalue weighted by Crippen LogP contribution is 2.37. The number of rotatable bonds is 5. The fourth-order valence-corrected chi connectivity index (χ4v) is 3.46. The summed E-state index contributed by atoms with van der Waals surface area (Å²) in [5.41, 5.74) is -1.61. The number of thioether (sulfide) groups is 1. The molecule has 6 nitrogen and oxygen atoms in total. The van der Waals surface area contributed by atoms with Gasteiger partial charge in [-0.2, -0.15) is 31.3 Å². The van der Waals surface area contributed by atoms with Crippen molar-refractivity contribution in [3.8, 4) is 0 Å². The van der Waals surface area contributed by atoms with Gasteiger partial charge < -0.3 is 5.32 Å². The Labute approximate surface area is 182 Å². The van der Waals surface area contributed by atoms with E-state index in [1.165, 1.54) is 16.3 Å². The van der Waals surface area contributed by atoms with Gasteiger partial charge in [0.25, 0.3) is 5.78 Å². The maximum absolute atomic E-state index is 13.0. The van der Waals surface area contributed by atoms with Gasteiger partial charge in [0.15, 0.2) is 0 Å². The SMILES string of the molecule is CSc1nc2nc(C)c(CCC(=O)Nc3cc(C(F)(F)F)cc(C(F)(F)F)c3)c(C)n2n1. The lowest BCUT2D eigenvalue weighted by Gasteiger charge is -2.15. The molecule has 0 aliphatic heterocycles. The summed E-state index contributed by atoms with van der Waals surface area (Å²) in [4.78, 5) is 20.9. The third-order valence-electron chi connectivity index (χ3n) is 4.69. The lowest BCUT2D eigenvalue weighted by atomic mass is 10.1. The first-order valence-electron chi connectivity index (χ1n) is 9.15. The van der Waals surface area contributed by atoms with Crippen LogP contribution in [0.4, 0.5) is 32.0 Å². The average Bonchev–Trinajstić information content (AvgIpc) is 3.09. The van der Waals surface area contributed by atoms with Crippen LogP contribution in [-0.2, 0) is 23.6 Å². The van der Waals surface area contributed by atoms with Gasteiger partial charge in [0.1, 0.15) is 0 Å². The van der Waals surface area contributed by atoms with Crippen molar-refractivity contribution in [2.75, 3.05) is 11.6 Å². The Hall–Kier alpha value is -2.83. The molecule has 0 fully saturated rings. The van der Waals surface area contributed by atoms with Crippen LogP contribution in [-0.4, -0.2) is 31.7 Å². The molecule has 0 aliphatic carbocycles. The van der Waals surface area contributed by atoms with E-state index < -0.39 is 35.1 Å². The van der Waals surface area contributed by atoms with Gasteiger partial charge >= 0.3 is 12.4 Å². The number of nitrogens with zero attached hydrogens (tertiary/aromatic N) is 4. The molecule has 3 aromatic rings. The molecule has 3 rings (SSSR count). The number of benzene rings is 1. The van der Waals surface area contributed by atoms with Crippen LogP contribution in [0.25, 0.3) is 5.78 Å². The maximum atomic E-state index is 13.0. The standard InChI is InChI=1S/C19H17F6N5OS/c1-9-14(10(2)30-16(26-9)28-17(29-30)32-3)4-5-15(31)27-13-7-11(18(20,21)22)6-12(8-13)19(23,24)25/h6-8H,4-5H2,1-3H3,(H,27,31). The molecule has 0 aliphatic rings. The summed E-state index contributed by atoms with van der Waals surface area (Å²) in [6.07, 6.45) is -8.21. The summed E-state index contributed by atoms with van der Waals surface area (Å²) in [5.74, 6) is -0.346. The Morgan fingerprint density at radius 2 is 1.62 bits per heavy atom. The number of amides is 1. The molecule has 2 aromatic heterocycles. The van der Waals surface area contributed by atoms with Crippen LogP contribution in [0, 0.1) is 13.8 Å². The minimum atomic E-state index is -5.00. The summed E-state index contributed by atoms with van der Waals surface area (Å²) in [6, 6.07) is 0.942. The Morgan fingerprint density at radius 3 is 2.16 bits per heavy atom. The van der Waals surface area contributed by atoms with Gasteiger partial charge in [-0.15, -0.1) is 5.10 Å². The number of alkyl halides is 6. The van der Waals surface area contributed by atoms with Crippen molar-refractivity contribution in [1.29, 1.82) is 0 Å². The largest absolute Gasteiger partial charge is 0.416 e. The first-order chi connectivity index (χ1) is 14.8. The second-order valence-electron chi connectivity index (χ2n) is 6.91. The Morgan fingerprint density at radius 1 is 1.03 bits per heavy atom. The topological polar surface area (TPSA) is 72.2 Å². The fraction of sp³-hybridized carbons (Fsp3) is 0.368. The molecule has 0 unspecified atom stereocenters. The van der Waals surface area contributed by atoms with Crippen LogP contribution < -0.4 is 5.32 Å². The number of nitrogens with one attached hydrogen (secondary N) is 1. The summed E-state index contributed by atoms with van der Waals surface area (Å²) in [6.45, 7) is 3.48. The number of hydrogen-bond acceptors (Lipinski definition) is 5. The third kappa shape index (κ3) is 5.14. The van der Waals surface area contributed by atoms with Crippen LogP contribution >= 0.6 is 11.8 Å². The number of hydrogen-bond donors (Lipinski definition) is 1. The van der Waals surface area contributed by atoms with E-state index in [-0.39, 0.29) is 18.9 Å². The van der Waals surface area contributed by atoms with E-state index >= 15 is 0 Å². The number of fused-ring (bicyclic) bond motifs is 1. The Bertz CT molecular complexity index is 1140. The first-order valence-corrected chi connectivity index (χ1v) is 10.4. The molecule has 0 radical (unpaired) electrons. The van der Waals surface area contributed by atoms with Crippen molar-refractivity contribution in [3.05, 3.63) is 46.3 Å². The van der Waals surface area contributed by atoms with Crippen molar-refractivity contribution >= 4 is 29.1 Å². The van der Waals surface area contributed by atoms with Crippen LogP contribution in [0.5, 0.6) is 0 Å². The smallest absolute Gasteiger partial charge is 0.326 e. The highest BCUT2D eigenvalue weighted by Gasteiger charge is 2.37. The lowest BCUT2D eigenvalue weighted by Crippen LogP contribution is -2.17. The van der Waals surface area contributed by atoms with E-state index in [1.807, 2.05) is 0 Å². The molecule has 0 spiro atoms. The number of carbonyl (C=O) groups is 1. The first kappa shape index (κ1) is 23.8. The van der Waals surface area contributed by atoms with Gasteiger partial charge in [-0.3, -0.25) is 4.79 Å². The zero-order chi connectivity index (χ0) is 23.8. The zero-order valence-electron chi connectivity index (χ0n) is 17.0. The molecule has 0 saturated heterocycles. The molecule has 1 N–H and O–H groups in total. The van der Waals surface area contributed by atoms with Gasteiger partial charge in [-0.05, 0) is 50.3 Å². The number of aryl methyl sites for hydroxylation is 2. The van der Waals surface area contributed by atoms with E-state index in [2.05, 4.69) is 20.4 Å². The third-order valence-corrected chi connectivity index (χ3v) is 5.22. The molecular weight excluding hydrogens is 460 g/mol. The lowest BCUT2D eigenvalue weighted by molar-refractivity contribution is -0.143. The van der Waals surface area contributed by atoms with Crippen molar-refractivity contribution in [2.45, 2.75) is 44.2 Å². The second-order valence-corrected chi connectivity index (χ2v) is 7.69. The summed E-state index contributed by atoms with van der Waals surface area (Å²) >= 11 is 1.33. The highest BCUT2D eigenvalue weighted by molar-refractivity contribution is 7.98. The van der Waals surface area contributed by atoms with Crippen molar-refractivity contribution < 1.29 is 31.1 Å². The van der Waals surface area contributed by atoms with E-state index in [4.69, 9.17) is 0 Å². The molecule has 0 saturated carbocycles.